The van der Waals surface area contributed by atoms with Gasteiger partial charge in [0, 0.05) is 0 Å². The lowest BCUT2D eigenvalue weighted by molar-refractivity contribution is 0.0750. The summed E-state index contributed by atoms with van der Waals surface area (Å²) in [6, 6.07) is 0. The van der Waals surface area contributed by atoms with Crippen LogP contribution in [-0.4, -0.2) is 12.6 Å². The van der Waals surface area contributed by atoms with Crippen molar-refractivity contribution in [1.29, 1.82) is 0 Å². The molecule has 0 aromatic carbocycles. The maximum atomic E-state index is 11.7. The summed E-state index contributed by atoms with van der Waals surface area (Å²) < 4.78 is 34.1. The Morgan fingerprint density at radius 1 is 1.25 bits per heavy atom. The monoisotopic (exact) mass is 124 g/mol. The first-order chi connectivity index (χ1) is 3.68. The quantitative estimate of drug-likeness (QED) is 0.495. The van der Waals surface area contributed by atoms with E-state index in [0.717, 1.165) is 6.08 Å². The van der Waals surface area contributed by atoms with Crippen LogP contribution in [-0.2, 0) is 0 Å². The predicted molar refractivity (Wildman–Crippen MR) is 25.7 cm³/mol. The zero-order valence-corrected chi connectivity index (χ0v) is 4.44. The van der Waals surface area contributed by atoms with Crippen molar-refractivity contribution in [1.82, 2.24) is 0 Å². The van der Waals surface area contributed by atoms with Crippen LogP contribution in [0, 0.1) is 0 Å². The third-order valence-electron chi connectivity index (χ3n) is 0.617. The highest BCUT2D eigenvalue weighted by molar-refractivity contribution is 4.86. The van der Waals surface area contributed by atoms with Gasteiger partial charge in [0.2, 0.25) is 0 Å². The Balaban J connectivity index is 3.47. The van der Waals surface area contributed by atoms with E-state index in [0.29, 0.717) is 0 Å². The van der Waals surface area contributed by atoms with Gasteiger partial charge in [-0.05, 0) is 13.0 Å². The molecule has 0 nitrogen and oxygen atoms in total. The number of rotatable bonds is 2. The Labute approximate surface area is 46.0 Å². The minimum Gasteiger partial charge on any atom is -0.237 e. The number of alkyl halides is 3. The maximum absolute atomic E-state index is 11.7. The van der Waals surface area contributed by atoms with Crippen molar-refractivity contribution < 1.29 is 13.2 Å². The van der Waals surface area contributed by atoms with E-state index >= 15 is 0 Å². The minimum atomic E-state index is -2.88. The van der Waals surface area contributed by atoms with Gasteiger partial charge >= 0.3 is 0 Å². The fourth-order valence-electron chi connectivity index (χ4n) is 0.268. The van der Waals surface area contributed by atoms with Crippen LogP contribution in [0.2, 0.25) is 0 Å². The van der Waals surface area contributed by atoms with E-state index in [-0.39, 0.29) is 0 Å². The molecule has 48 valence electrons. The van der Waals surface area contributed by atoms with Crippen LogP contribution in [0.5, 0.6) is 0 Å². The van der Waals surface area contributed by atoms with E-state index in [4.69, 9.17) is 0 Å². The Bertz CT molecular complexity index is 77.7. The van der Waals surface area contributed by atoms with Gasteiger partial charge in [-0.3, -0.25) is 0 Å². The predicted octanol–water partition coefficient (Wildman–Crippen LogP) is 2.17. The molecule has 0 fully saturated rings. The molecule has 0 bridgehead atoms. The second-order valence-electron chi connectivity index (χ2n) is 1.30. The highest BCUT2D eigenvalue weighted by Crippen LogP contribution is 2.05. The lowest BCUT2D eigenvalue weighted by Crippen LogP contribution is -2.07. The summed E-state index contributed by atoms with van der Waals surface area (Å²) in [5.74, 6) is 0. The molecule has 3 heteroatoms. The van der Waals surface area contributed by atoms with Crippen LogP contribution in [0.1, 0.15) is 6.92 Å². The van der Waals surface area contributed by atoms with Crippen molar-refractivity contribution in [2.24, 2.45) is 0 Å². The van der Waals surface area contributed by atoms with Gasteiger partial charge < -0.3 is 0 Å². The average Bonchev–Trinajstić information content (AvgIpc) is 1.67. The van der Waals surface area contributed by atoms with E-state index < -0.39 is 12.6 Å². The van der Waals surface area contributed by atoms with Crippen molar-refractivity contribution >= 4 is 0 Å². The van der Waals surface area contributed by atoms with Gasteiger partial charge in [0.15, 0.2) is 6.17 Å². The lowest BCUT2D eigenvalue weighted by Gasteiger charge is -1.96. The topological polar surface area (TPSA) is 0 Å². The molecule has 0 radical (unpaired) electrons. The van der Waals surface area contributed by atoms with Crippen LogP contribution in [0.3, 0.4) is 0 Å². The molecule has 8 heavy (non-hydrogen) atoms. The highest BCUT2D eigenvalue weighted by atomic mass is 19.3. The Morgan fingerprint density at radius 2 is 1.75 bits per heavy atom. The first-order valence-electron chi connectivity index (χ1n) is 2.23. The minimum absolute atomic E-state index is 0.824. The summed E-state index contributed by atoms with van der Waals surface area (Å²) in [6.07, 6.45) is -2.90. The standard InChI is InChI=1S/C5H7F3/c1-2-3-4(6)5(7)8/h2-5H,1H3/b3-2+. The summed E-state index contributed by atoms with van der Waals surface area (Å²) in [5.41, 5.74) is 0. The Kier molecular flexibility index (Phi) is 3.31. The molecule has 0 rings (SSSR count). The molecule has 0 aliphatic carbocycles. The molecule has 0 aliphatic rings. The molecule has 0 amide bonds. The van der Waals surface area contributed by atoms with Crippen molar-refractivity contribution in [2.45, 2.75) is 19.5 Å². The number of hydrogen-bond donors (Lipinski definition) is 0. The first kappa shape index (κ1) is 7.53. The van der Waals surface area contributed by atoms with E-state index in [1.165, 1.54) is 13.0 Å². The molecule has 0 heterocycles. The molecule has 0 saturated heterocycles. The van der Waals surface area contributed by atoms with E-state index in [1.54, 1.807) is 0 Å². The van der Waals surface area contributed by atoms with Gasteiger partial charge in [-0.25, -0.2) is 13.2 Å². The zero-order chi connectivity index (χ0) is 6.57. The number of hydrogen-bond acceptors (Lipinski definition) is 0. The second-order valence-corrected chi connectivity index (χ2v) is 1.30. The summed E-state index contributed by atoms with van der Waals surface area (Å²) in [4.78, 5) is 0. The summed E-state index contributed by atoms with van der Waals surface area (Å²) in [6.45, 7) is 1.50. The molecular weight excluding hydrogens is 117 g/mol. The lowest BCUT2D eigenvalue weighted by atomic mass is 10.4. The van der Waals surface area contributed by atoms with Gasteiger partial charge in [-0.15, -0.1) is 0 Å². The first-order valence-corrected chi connectivity index (χ1v) is 2.23. The van der Waals surface area contributed by atoms with Crippen LogP contribution >= 0.6 is 0 Å². The molecule has 0 spiro atoms. The maximum Gasteiger partial charge on any atom is 0.272 e. The summed E-state index contributed by atoms with van der Waals surface area (Å²) >= 11 is 0. The van der Waals surface area contributed by atoms with Crippen molar-refractivity contribution in [3.63, 3.8) is 0 Å². The molecule has 1 unspecified atom stereocenters. The number of halogens is 3. The molecule has 0 saturated carbocycles. The summed E-state index contributed by atoms with van der Waals surface area (Å²) in [7, 11) is 0. The number of allylic oxidation sites excluding steroid dienone is 2. The van der Waals surface area contributed by atoms with Crippen molar-refractivity contribution in [3.8, 4) is 0 Å². The van der Waals surface area contributed by atoms with Crippen molar-refractivity contribution in [3.05, 3.63) is 12.2 Å². The molecule has 0 aliphatic heterocycles. The normalized spacial score (nSPS) is 15.6. The molecule has 0 aromatic heterocycles. The van der Waals surface area contributed by atoms with Gasteiger partial charge in [-0.2, -0.15) is 0 Å². The third-order valence-corrected chi connectivity index (χ3v) is 0.617. The Hall–Kier alpha value is -0.470. The zero-order valence-electron chi connectivity index (χ0n) is 4.44. The molecule has 0 N–H and O–H groups in total. The van der Waals surface area contributed by atoms with E-state index in [9.17, 15) is 13.2 Å². The fourth-order valence-corrected chi connectivity index (χ4v) is 0.268. The van der Waals surface area contributed by atoms with Crippen molar-refractivity contribution in [2.75, 3.05) is 0 Å². The van der Waals surface area contributed by atoms with Gasteiger partial charge in [0.05, 0.1) is 0 Å². The SMILES string of the molecule is C/C=C/C(F)C(F)F. The van der Waals surface area contributed by atoms with Gasteiger partial charge in [0.1, 0.15) is 0 Å². The smallest absolute Gasteiger partial charge is 0.237 e. The molecule has 0 aromatic rings. The van der Waals surface area contributed by atoms with E-state index in [1.807, 2.05) is 0 Å². The van der Waals surface area contributed by atoms with Gasteiger partial charge in [-0.1, -0.05) is 6.08 Å². The Morgan fingerprint density at radius 3 is 1.88 bits per heavy atom. The van der Waals surface area contributed by atoms with Crippen LogP contribution < -0.4 is 0 Å². The molecule has 1 atom stereocenters. The average molecular weight is 124 g/mol. The van der Waals surface area contributed by atoms with E-state index in [2.05, 4.69) is 0 Å². The van der Waals surface area contributed by atoms with Crippen LogP contribution in [0.15, 0.2) is 12.2 Å². The fraction of sp³-hybridized carbons (Fsp3) is 0.600. The highest BCUT2D eigenvalue weighted by Gasteiger charge is 2.13. The van der Waals surface area contributed by atoms with Crippen LogP contribution in [0.4, 0.5) is 13.2 Å². The third kappa shape index (κ3) is 2.66. The second kappa shape index (κ2) is 3.52. The largest absolute Gasteiger partial charge is 0.272 e. The van der Waals surface area contributed by atoms with Crippen LogP contribution in [0.25, 0.3) is 0 Å². The van der Waals surface area contributed by atoms with Gasteiger partial charge in [0.25, 0.3) is 6.43 Å². The summed E-state index contributed by atoms with van der Waals surface area (Å²) in [5, 5.41) is 0. The molecular formula is C5H7F3.